The lowest BCUT2D eigenvalue weighted by Crippen LogP contribution is -2.13. The lowest BCUT2D eigenvalue weighted by Gasteiger charge is -2.13. The molecule has 9 heteroatoms. The lowest BCUT2D eigenvalue weighted by atomic mass is 10.2. The minimum atomic E-state index is -3.76. The minimum absolute atomic E-state index is 0.0508. The summed E-state index contributed by atoms with van der Waals surface area (Å²) in [5.41, 5.74) is 4.56. The molecule has 0 unspecified atom stereocenters. The molecule has 0 bridgehead atoms. The minimum Gasteiger partial charge on any atom is -0.493 e. The largest absolute Gasteiger partial charge is 0.493 e. The summed E-state index contributed by atoms with van der Waals surface area (Å²) in [5.74, 6) is -0.881. The number of carbonyl (C=O) groups is 2. The first-order valence-corrected chi connectivity index (χ1v) is 8.31. The quantitative estimate of drug-likeness (QED) is 0.479. The summed E-state index contributed by atoms with van der Waals surface area (Å²) in [6.07, 6.45) is 0.241. The zero-order valence-corrected chi connectivity index (χ0v) is 13.0. The van der Waals surface area contributed by atoms with E-state index in [1.165, 1.54) is 25.3 Å². The number of carbonyl (C=O) groups excluding carboxylic acids is 1. The molecular weight excluding hydrogens is 313 g/mol. The average Bonchev–Trinajstić information content (AvgIpc) is 2.49. The molecule has 0 aliphatic carbocycles. The molecular formula is C13H19NO7P+. The number of ether oxygens (including phenoxy) is 2. The van der Waals surface area contributed by atoms with Crippen molar-refractivity contribution in [3.8, 4) is 11.5 Å². The summed E-state index contributed by atoms with van der Waals surface area (Å²) in [4.78, 5) is 42.4. The molecule has 0 fully saturated rings. The van der Waals surface area contributed by atoms with Crippen LogP contribution in [0.5, 0.6) is 11.5 Å². The van der Waals surface area contributed by atoms with Gasteiger partial charge >= 0.3 is 19.2 Å². The van der Waals surface area contributed by atoms with Crippen molar-refractivity contribution in [2.24, 2.45) is 5.73 Å². The van der Waals surface area contributed by atoms with Crippen LogP contribution in [0.25, 0.3) is 0 Å². The van der Waals surface area contributed by atoms with Gasteiger partial charge in [0, 0.05) is 0 Å². The predicted octanol–water partition coefficient (Wildman–Crippen LogP) is 0.480. The monoisotopic (exact) mass is 332 g/mol. The van der Waals surface area contributed by atoms with Gasteiger partial charge in [-0.2, -0.15) is 0 Å². The number of carboxylic acid groups (broad SMARTS) is 1. The van der Waals surface area contributed by atoms with Crippen molar-refractivity contribution >= 4 is 19.2 Å². The molecule has 0 amide bonds. The second kappa shape index (κ2) is 8.05. The number of hydrogen-bond acceptors (Lipinski definition) is 7. The number of hydrogen-bond donors (Lipinski definition) is 4. The maximum absolute atomic E-state index is 12.1. The van der Waals surface area contributed by atoms with Crippen LogP contribution in [0.4, 0.5) is 0 Å². The Bertz CT molecular complexity index is 547. The first-order chi connectivity index (χ1) is 10.3. The molecule has 0 aliphatic rings. The van der Waals surface area contributed by atoms with Gasteiger partial charge in [0.1, 0.15) is 6.16 Å². The zero-order chi connectivity index (χ0) is 16.8. The van der Waals surface area contributed by atoms with E-state index >= 15 is 0 Å². The highest BCUT2D eigenvalue weighted by Crippen LogP contribution is 2.53. The van der Waals surface area contributed by atoms with Crippen molar-refractivity contribution in [3.63, 3.8) is 0 Å². The van der Waals surface area contributed by atoms with Crippen LogP contribution in [0.2, 0.25) is 0 Å². The molecule has 122 valence electrons. The lowest BCUT2D eigenvalue weighted by molar-refractivity contribution is -0.139. The summed E-state index contributed by atoms with van der Waals surface area (Å²) < 4.78 is 10.0. The Labute approximate surface area is 128 Å². The van der Waals surface area contributed by atoms with E-state index in [0.717, 1.165) is 0 Å². The molecule has 0 heterocycles. The van der Waals surface area contributed by atoms with Crippen molar-refractivity contribution in [3.05, 3.63) is 23.8 Å². The maximum Gasteiger partial charge on any atom is 0.356 e. The van der Waals surface area contributed by atoms with E-state index in [1.807, 2.05) is 0 Å². The Kier molecular flexibility index (Phi) is 6.70. The summed E-state index contributed by atoms with van der Waals surface area (Å²) in [6, 6.07) is 3.95. The third-order valence-electron chi connectivity index (χ3n) is 2.76. The number of aliphatic carboxylic acids is 1. The third-order valence-corrected chi connectivity index (χ3v) is 4.61. The Hall–Kier alpha value is -1.73. The van der Waals surface area contributed by atoms with E-state index in [2.05, 4.69) is 0 Å². The van der Waals surface area contributed by atoms with Crippen LogP contribution in [0, 0.1) is 0 Å². The van der Waals surface area contributed by atoms with Gasteiger partial charge in [-0.25, -0.2) is 19.4 Å². The van der Waals surface area contributed by atoms with E-state index in [4.69, 9.17) is 20.3 Å². The van der Waals surface area contributed by atoms with Gasteiger partial charge in [-0.1, -0.05) is 0 Å². The molecule has 0 aromatic heterocycles. The van der Waals surface area contributed by atoms with E-state index < -0.39 is 25.8 Å². The van der Waals surface area contributed by atoms with Crippen LogP contribution >= 0.6 is 7.72 Å². The van der Waals surface area contributed by atoms with Crippen LogP contribution in [0.3, 0.4) is 0 Å². The summed E-state index contributed by atoms with van der Waals surface area (Å²) in [6.45, 7) is -0.307. The molecule has 8 nitrogen and oxygen atoms in total. The Morgan fingerprint density at radius 3 is 2.50 bits per heavy atom. The van der Waals surface area contributed by atoms with Crippen LogP contribution in [-0.4, -0.2) is 52.8 Å². The average molecular weight is 332 g/mol. The number of methoxy groups -OCH3 is 1. The fraction of sp³-hybridized carbons (Fsp3) is 0.385. The smallest absolute Gasteiger partial charge is 0.356 e. The Morgan fingerprint density at radius 2 is 1.95 bits per heavy atom. The van der Waals surface area contributed by atoms with E-state index in [-0.39, 0.29) is 29.8 Å². The molecule has 0 radical (unpaired) electrons. The molecule has 1 rings (SSSR count). The van der Waals surface area contributed by atoms with Gasteiger partial charge in [0.05, 0.1) is 12.7 Å². The fourth-order valence-corrected chi connectivity index (χ4v) is 3.06. The molecule has 1 aromatic carbocycles. The number of benzene rings is 1. The number of carboxylic acids is 1. The molecule has 0 spiro atoms. The van der Waals surface area contributed by atoms with Gasteiger partial charge in [0.25, 0.3) is 0 Å². The number of nitrogens with two attached hydrogens (primary N) is 1. The van der Waals surface area contributed by atoms with Gasteiger partial charge < -0.3 is 20.3 Å². The van der Waals surface area contributed by atoms with Gasteiger partial charge in [-0.3, -0.25) is 0 Å². The molecule has 0 saturated heterocycles. The van der Waals surface area contributed by atoms with Gasteiger partial charge in [-0.15, -0.1) is 0 Å². The maximum atomic E-state index is 12.1. The van der Waals surface area contributed by atoms with Gasteiger partial charge in [0.2, 0.25) is 0 Å². The highest BCUT2D eigenvalue weighted by atomic mass is 31.2. The van der Waals surface area contributed by atoms with Crippen LogP contribution in [-0.2, 0) is 4.79 Å². The van der Waals surface area contributed by atoms with E-state index in [1.54, 1.807) is 0 Å². The summed E-state index contributed by atoms with van der Waals surface area (Å²) >= 11 is 0. The second-order valence-electron chi connectivity index (χ2n) is 4.45. The zero-order valence-electron chi connectivity index (χ0n) is 12.1. The molecule has 0 aliphatic heterocycles. The van der Waals surface area contributed by atoms with Crippen molar-refractivity contribution < 1.29 is 34.0 Å². The standard InChI is InChI=1S/C13H18NO7P/c1-20-11-7-9(3-4-10(11)21-8-12(15)16)13(17)22(18,19)6-2-5-14/h3-4,7,18-19H,2,5-6,8,14H2,1H3/p+1. The van der Waals surface area contributed by atoms with E-state index in [9.17, 15) is 19.4 Å². The van der Waals surface area contributed by atoms with Crippen molar-refractivity contribution in [1.82, 2.24) is 0 Å². The molecule has 0 atom stereocenters. The SMILES string of the molecule is COc1cc(C(=O)[P+](O)(O)CCCN)ccc1OCC(=O)O. The first-order valence-electron chi connectivity index (χ1n) is 6.43. The van der Waals surface area contributed by atoms with Crippen LogP contribution in [0.15, 0.2) is 18.2 Å². The highest BCUT2D eigenvalue weighted by molar-refractivity contribution is 7.81. The fourth-order valence-electron chi connectivity index (χ4n) is 1.68. The summed E-state index contributed by atoms with van der Waals surface area (Å²) in [7, 11) is -2.43. The summed E-state index contributed by atoms with van der Waals surface area (Å²) in [5, 5.41) is 8.58. The van der Waals surface area contributed by atoms with Gasteiger partial charge in [-0.05, 0) is 31.2 Å². The normalized spacial score (nSPS) is 11.1. The Balaban J connectivity index is 2.97. The topological polar surface area (TPSA) is 139 Å². The second-order valence-corrected chi connectivity index (χ2v) is 6.76. The van der Waals surface area contributed by atoms with Crippen molar-refractivity contribution in [2.75, 3.05) is 26.4 Å². The predicted molar refractivity (Wildman–Crippen MR) is 80.4 cm³/mol. The van der Waals surface area contributed by atoms with Gasteiger partial charge in [0.15, 0.2) is 18.1 Å². The van der Waals surface area contributed by atoms with Crippen LogP contribution in [0.1, 0.15) is 16.8 Å². The van der Waals surface area contributed by atoms with Crippen molar-refractivity contribution in [2.45, 2.75) is 6.42 Å². The van der Waals surface area contributed by atoms with Crippen LogP contribution < -0.4 is 15.2 Å². The first kappa shape index (κ1) is 18.3. The van der Waals surface area contributed by atoms with E-state index in [0.29, 0.717) is 6.42 Å². The molecule has 5 N–H and O–H groups in total. The number of rotatable bonds is 9. The molecule has 1 aromatic rings. The van der Waals surface area contributed by atoms with Crippen molar-refractivity contribution in [1.29, 1.82) is 0 Å². The molecule has 0 saturated carbocycles. The third kappa shape index (κ3) is 4.92. The Morgan fingerprint density at radius 1 is 1.27 bits per heavy atom. The molecule has 22 heavy (non-hydrogen) atoms. The highest BCUT2D eigenvalue weighted by Gasteiger charge is 2.44.